The molecule has 25 heavy (non-hydrogen) atoms. The van der Waals surface area contributed by atoms with Crippen LogP contribution in [0.3, 0.4) is 0 Å². The Morgan fingerprint density at radius 1 is 1.28 bits per heavy atom. The first-order chi connectivity index (χ1) is 12.2. The Bertz CT molecular complexity index is 862. The van der Waals surface area contributed by atoms with E-state index in [-0.39, 0.29) is 25.2 Å². The maximum absolute atomic E-state index is 12.1. The van der Waals surface area contributed by atoms with Gasteiger partial charge in [0.1, 0.15) is 13.2 Å². The molecule has 0 aliphatic carbocycles. The van der Waals surface area contributed by atoms with Gasteiger partial charge in [-0.3, -0.25) is 4.79 Å². The van der Waals surface area contributed by atoms with E-state index < -0.39 is 0 Å². The summed E-state index contributed by atoms with van der Waals surface area (Å²) in [4.78, 5) is 16.1. The first-order valence-electron chi connectivity index (χ1n) is 8.01. The van der Waals surface area contributed by atoms with E-state index in [0.717, 1.165) is 16.3 Å². The summed E-state index contributed by atoms with van der Waals surface area (Å²) in [5.74, 6) is 0.623. The minimum absolute atomic E-state index is 0.0948. The molecule has 1 atom stereocenters. The van der Waals surface area contributed by atoms with Gasteiger partial charge in [-0.1, -0.05) is 41.6 Å². The predicted molar refractivity (Wildman–Crippen MR) is 92.6 cm³/mol. The molecule has 7 heteroatoms. The largest absolute Gasteiger partial charge is 0.362 e. The van der Waals surface area contributed by atoms with E-state index in [2.05, 4.69) is 15.5 Å². The van der Waals surface area contributed by atoms with Crippen molar-refractivity contribution in [3.05, 3.63) is 59.7 Å². The van der Waals surface area contributed by atoms with Gasteiger partial charge in [-0.15, -0.1) is 0 Å². The second kappa shape index (κ2) is 7.87. The first kappa shape index (κ1) is 17.1. The van der Waals surface area contributed by atoms with E-state index in [4.69, 9.17) is 15.0 Å². The van der Waals surface area contributed by atoms with Crippen LogP contribution in [-0.2, 0) is 16.1 Å². The summed E-state index contributed by atoms with van der Waals surface area (Å²) in [6, 6.07) is 13.8. The van der Waals surface area contributed by atoms with Crippen molar-refractivity contribution in [2.75, 3.05) is 13.2 Å². The lowest BCUT2D eigenvalue weighted by molar-refractivity contribution is -0.127. The topological polar surface area (TPSA) is 103 Å². The van der Waals surface area contributed by atoms with Crippen LogP contribution in [0.25, 0.3) is 10.8 Å². The summed E-state index contributed by atoms with van der Waals surface area (Å²) >= 11 is 0. The van der Waals surface area contributed by atoms with Gasteiger partial charge < -0.3 is 20.3 Å². The Morgan fingerprint density at radius 3 is 2.80 bits per heavy atom. The van der Waals surface area contributed by atoms with Crippen molar-refractivity contribution < 1.29 is 14.1 Å². The van der Waals surface area contributed by atoms with E-state index in [0.29, 0.717) is 18.3 Å². The highest BCUT2D eigenvalue weighted by molar-refractivity contribution is 5.83. The quantitative estimate of drug-likeness (QED) is 0.680. The number of nitrogens with two attached hydrogens (primary N) is 1. The number of nitrogens with one attached hydrogen (secondary N) is 1. The molecule has 0 aliphatic rings. The molecule has 1 unspecified atom stereocenters. The Morgan fingerprint density at radius 2 is 2.08 bits per heavy atom. The van der Waals surface area contributed by atoms with Crippen LogP contribution in [-0.4, -0.2) is 29.2 Å². The summed E-state index contributed by atoms with van der Waals surface area (Å²) in [5, 5.41) is 8.79. The highest BCUT2D eigenvalue weighted by Gasteiger charge is 2.14. The Hall–Kier alpha value is -2.77. The minimum atomic E-state index is -0.272. The second-order valence-corrected chi connectivity index (χ2v) is 5.69. The van der Waals surface area contributed by atoms with Crippen LogP contribution in [0.1, 0.15) is 23.3 Å². The number of ether oxygens (including phenoxy) is 1. The number of aromatic nitrogens is 2. The molecule has 3 rings (SSSR count). The number of hydrogen-bond donors (Lipinski definition) is 2. The highest BCUT2D eigenvalue weighted by atomic mass is 16.5. The van der Waals surface area contributed by atoms with Crippen molar-refractivity contribution in [1.29, 1.82) is 0 Å². The van der Waals surface area contributed by atoms with Gasteiger partial charge in [0.2, 0.25) is 5.91 Å². The molecule has 3 N–H and O–H groups in total. The second-order valence-electron chi connectivity index (χ2n) is 5.69. The molecule has 0 saturated heterocycles. The number of aryl methyl sites for hydroxylation is 1. The van der Waals surface area contributed by atoms with Gasteiger partial charge >= 0.3 is 0 Å². The summed E-state index contributed by atoms with van der Waals surface area (Å²) in [6.07, 6.45) is 0. The number of rotatable bonds is 7. The number of carbonyl (C=O) groups is 1. The van der Waals surface area contributed by atoms with E-state index in [9.17, 15) is 4.79 Å². The van der Waals surface area contributed by atoms with Crippen molar-refractivity contribution in [3.63, 3.8) is 0 Å². The molecule has 7 nitrogen and oxygen atoms in total. The van der Waals surface area contributed by atoms with E-state index in [1.165, 1.54) is 0 Å². The number of benzene rings is 2. The standard InChI is InChI=1S/C18H20N4O3/c1-12-20-18(25-22-12)11-24-10-17(23)21-16(9-19)15-7-6-13-4-2-3-5-14(13)8-15/h2-8,16H,9-11,19H2,1H3,(H,21,23). The Balaban J connectivity index is 1.57. The normalized spacial score (nSPS) is 12.2. The fourth-order valence-corrected chi connectivity index (χ4v) is 2.57. The Kier molecular flexibility index (Phi) is 5.37. The van der Waals surface area contributed by atoms with Crippen molar-refractivity contribution >= 4 is 16.7 Å². The number of fused-ring (bicyclic) bond motifs is 1. The van der Waals surface area contributed by atoms with Crippen LogP contribution in [0.2, 0.25) is 0 Å². The molecule has 0 aliphatic heterocycles. The molecule has 130 valence electrons. The summed E-state index contributed by atoms with van der Waals surface area (Å²) in [6.45, 7) is 2.01. The smallest absolute Gasteiger partial charge is 0.252 e. The molecule has 0 bridgehead atoms. The minimum Gasteiger partial charge on any atom is -0.362 e. The summed E-state index contributed by atoms with van der Waals surface area (Å²) in [5.41, 5.74) is 6.79. The Labute approximate surface area is 145 Å². The van der Waals surface area contributed by atoms with Crippen molar-refractivity contribution in [2.24, 2.45) is 5.73 Å². The van der Waals surface area contributed by atoms with Crippen molar-refractivity contribution in [3.8, 4) is 0 Å². The number of nitrogens with zero attached hydrogens (tertiary/aromatic N) is 2. The molecule has 0 saturated carbocycles. The molecule has 1 heterocycles. The number of amides is 1. The monoisotopic (exact) mass is 340 g/mol. The average molecular weight is 340 g/mol. The molecular weight excluding hydrogens is 320 g/mol. The summed E-state index contributed by atoms with van der Waals surface area (Å²) < 4.78 is 10.2. The van der Waals surface area contributed by atoms with Gasteiger partial charge in [0.05, 0.1) is 6.04 Å². The van der Waals surface area contributed by atoms with Gasteiger partial charge in [-0.25, -0.2) is 0 Å². The van der Waals surface area contributed by atoms with E-state index in [1.54, 1.807) is 6.92 Å². The van der Waals surface area contributed by atoms with Gasteiger partial charge in [-0.05, 0) is 29.3 Å². The van der Waals surface area contributed by atoms with Crippen LogP contribution < -0.4 is 11.1 Å². The van der Waals surface area contributed by atoms with E-state index in [1.807, 2.05) is 42.5 Å². The third-order valence-corrected chi connectivity index (χ3v) is 3.78. The highest BCUT2D eigenvalue weighted by Crippen LogP contribution is 2.20. The maximum Gasteiger partial charge on any atom is 0.252 e. The lowest BCUT2D eigenvalue weighted by Gasteiger charge is -2.18. The van der Waals surface area contributed by atoms with Crippen LogP contribution in [0.4, 0.5) is 0 Å². The number of carbonyl (C=O) groups excluding carboxylic acids is 1. The maximum atomic E-state index is 12.1. The van der Waals surface area contributed by atoms with Crippen molar-refractivity contribution in [1.82, 2.24) is 15.5 Å². The van der Waals surface area contributed by atoms with Crippen LogP contribution in [0.5, 0.6) is 0 Å². The molecule has 1 aromatic heterocycles. The SMILES string of the molecule is Cc1noc(COCC(=O)NC(CN)c2ccc3ccccc3c2)n1. The van der Waals surface area contributed by atoms with Gasteiger partial charge in [-0.2, -0.15) is 4.98 Å². The van der Waals surface area contributed by atoms with Crippen LogP contribution in [0, 0.1) is 6.92 Å². The van der Waals surface area contributed by atoms with Gasteiger partial charge in [0.25, 0.3) is 5.89 Å². The lowest BCUT2D eigenvalue weighted by Crippen LogP contribution is -2.35. The zero-order chi connectivity index (χ0) is 17.6. The average Bonchev–Trinajstić information content (AvgIpc) is 3.04. The lowest BCUT2D eigenvalue weighted by atomic mass is 10.0. The molecule has 0 spiro atoms. The van der Waals surface area contributed by atoms with Crippen molar-refractivity contribution in [2.45, 2.75) is 19.6 Å². The fraction of sp³-hybridized carbons (Fsp3) is 0.278. The van der Waals surface area contributed by atoms with Gasteiger partial charge in [0, 0.05) is 6.54 Å². The van der Waals surface area contributed by atoms with Crippen LogP contribution in [0.15, 0.2) is 47.0 Å². The summed E-state index contributed by atoms with van der Waals surface area (Å²) in [7, 11) is 0. The molecule has 3 aromatic rings. The molecular formula is C18H20N4O3. The fourth-order valence-electron chi connectivity index (χ4n) is 2.57. The number of hydrogen-bond acceptors (Lipinski definition) is 6. The predicted octanol–water partition coefficient (Wildman–Crippen LogP) is 1.86. The third kappa shape index (κ3) is 4.40. The first-order valence-corrected chi connectivity index (χ1v) is 8.01. The van der Waals surface area contributed by atoms with E-state index >= 15 is 0 Å². The molecule has 2 aromatic carbocycles. The molecule has 1 amide bonds. The third-order valence-electron chi connectivity index (χ3n) is 3.78. The van der Waals surface area contributed by atoms with Crippen LogP contribution >= 0.6 is 0 Å². The zero-order valence-corrected chi connectivity index (χ0v) is 13.9. The zero-order valence-electron chi connectivity index (χ0n) is 13.9. The van der Waals surface area contributed by atoms with Gasteiger partial charge in [0.15, 0.2) is 5.82 Å². The molecule has 0 radical (unpaired) electrons. The molecule has 0 fully saturated rings.